The molecule has 10 unspecified atom stereocenters. The summed E-state index contributed by atoms with van der Waals surface area (Å²) in [7, 11) is 5.84. The van der Waals surface area contributed by atoms with Crippen molar-refractivity contribution in [2.45, 2.75) is 88.9 Å². The van der Waals surface area contributed by atoms with Gasteiger partial charge in [0.25, 0.3) is 11.8 Å². The molecule has 2 aromatic rings. The van der Waals surface area contributed by atoms with Crippen LogP contribution in [0.3, 0.4) is 0 Å². The number of phenols is 2. The zero-order valence-corrected chi connectivity index (χ0v) is 39.2. The Hall–Kier alpha value is -6.42. The summed E-state index contributed by atoms with van der Waals surface area (Å²) in [5.41, 5.74) is 2.94. The number of likely N-dealkylation sites (N-methyl/N-ethyl adjacent to an activating group) is 2. The van der Waals surface area contributed by atoms with Gasteiger partial charge in [-0.05, 0) is 63.3 Å². The average molecular weight is 949 g/mol. The molecule has 2 fully saturated rings. The van der Waals surface area contributed by atoms with E-state index in [0.29, 0.717) is 11.1 Å². The molecule has 0 heterocycles. The number of aliphatic hydroxyl groups is 8. The maximum atomic E-state index is 13.7. The third-order valence-corrected chi connectivity index (χ3v) is 14.0. The normalized spacial score (nSPS) is 32.5. The Labute approximate surface area is 391 Å². The predicted octanol–water partition coefficient (Wildman–Crippen LogP) is 1.04. The van der Waals surface area contributed by atoms with Crippen LogP contribution >= 0.6 is 0 Å². The van der Waals surface area contributed by atoms with E-state index in [2.05, 4.69) is 0 Å². The largest absolute Gasteiger partial charge is 0.508 e. The van der Waals surface area contributed by atoms with E-state index in [4.69, 9.17) is 11.5 Å². The summed E-state index contributed by atoms with van der Waals surface area (Å²) in [6.07, 6.45) is -3.18. The van der Waals surface area contributed by atoms with Crippen molar-refractivity contribution in [3.63, 3.8) is 0 Å². The fourth-order valence-corrected chi connectivity index (χ4v) is 11.2. The lowest BCUT2D eigenvalue weighted by atomic mass is 9.54. The molecule has 368 valence electrons. The minimum atomic E-state index is -2.89. The van der Waals surface area contributed by atoms with Crippen LogP contribution in [0.15, 0.2) is 70.2 Å². The van der Waals surface area contributed by atoms with Gasteiger partial charge in [-0.3, -0.25) is 38.6 Å². The Kier molecular flexibility index (Phi) is 14.4. The molecule has 6 aliphatic rings. The van der Waals surface area contributed by atoms with Crippen LogP contribution in [0.25, 0.3) is 11.5 Å². The second-order valence-corrected chi connectivity index (χ2v) is 17.6. The third kappa shape index (κ3) is 7.11. The first-order valence-electron chi connectivity index (χ1n) is 22.0. The number of hydrogen-bond acceptors (Lipinski definition) is 18. The van der Waals surface area contributed by atoms with Crippen molar-refractivity contribution in [3.05, 3.63) is 92.5 Å². The second-order valence-electron chi connectivity index (χ2n) is 17.6. The van der Waals surface area contributed by atoms with Crippen LogP contribution in [0, 0.1) is 23.7 Å². The first kappa shape index (κ1) is 52.5. The van der Waals surface area contributed by atoms with Crippen LogP contribution in [0.1, 0.15) is 75.6 Å². The van der Waals surface area contributed by atoms with Crippen molar-refractivity contribution in [1.29, 1.82) is 0 Å². The maximum absolute atomic E-state index is 13.7. The Bertz CT molecular complexity index is 2450. The van der Waals surface area contributed by atoms with Gasteiger partial charge in [-0.25, -0.2) is 0 Å². The highest BCUT2D eigenvalue weighted by Crippen LogP contribution is 2.58. The van der Waals surface area contributed by atoms with E-state index in [0.717, 1.165) is 0 Å². The standard InChI is InChI=1S/2C22H24N2O8.2C2H6/c2*1-7-8-5-4-6-9(25)11(8)16(26)12-10(7)17(27)14-15(24(2)3)18(28)13(21(23)31)20(30)22(14,32)19(12)29;2*1-2/h2*4-7,10,14-15,17,25-27,30,32H,1-3H3,(H2,23,31);2*1-2H3/t2*7?,10?,14?,15?,17?,22-;;/m00../s1. The molecule has 2 saturated carbocycles. The van der Waals surface area contributed by atoms with Gasteiger partial charge in [0, 0.05) is 23.0 Å². The molecule has 12 atom stereocenters. The Morgan fingerprint density at radius 3 is 1.12 bits per heavy atom. The van der Waals surface area contributed by atoms with Crippen LogP contribution < -0.4 is 11.5 Å². The zero-order chi connectivity index (χ0) is 51.7. The first-order chi connectivity index (χ1) is 31.7. The molecule has 0 spiro atoms. The minimum Gasteiger partial charge on any atom is -0.508 e. The predicted molar refractivity (Wildman–Crippen MR) is 243 cm³/mol. The summed E-state index contributed by atoms with van der Waals surface area (Å²) in [4.78, 5) is 79.9. The molecular formula is C48H60N4O16. The number of ketones is 4. The third-order valence-electron chi connectivity index (χ3n) is 14.0. The zero-order valence-electron chi connectivity index (χ0n) is 39.2. The van der Waals surface area contributed by atoms with Crippen molar-refractivity contribution < 1.29 is 79.8 Å². The number of nitrogens with two attached hydrogens (primary N) is 2. The quantitative estimate of drug-likeness (QED) is 0.191. The molecule has 68 heavy (non-hydrogen) atoms. The molecule has 20 heteroatoms. The molecule has 0 aromatic heterocycles. The molecule has 14 N–H and O–H groups in total. The van der Waals surface area contributed by atoms with Gasteiger partial charge in [0.15, 0.2) is 22.8 Å². The monoisotopic (exact) mass is 948 g/mol. The summed E-state index contributed by atoms with van der Waals surface area (Å²) in [5, 5.41) is 110. The van der Waals surface area contributed by atoms with Crippen molar-refractivity contribution >= 4 is 46.5 Å². The molecular weight excluding hydrogens is 889 g/mol. The lowest BCUT2D eigenvalue weighted by Gasteiger charge is -2.53. The first-order valence-corrected chi connectivity index (χ1v) is 22.0. The SMILES string of the molecule is CC.CC.CC1c2cccc(O)c2C(O)=C2C(=O)[C@]3(O)C(O)=C(C(N)=O)C(=O)C(N(C)C)C3C(O)C21.CC1c2cccc(O)c2C(O)=C2C(=O)[C@]3(O)C(O)=C(C(N)=O)C(=O)C(N(C)C)C3C(O)C21. The molecule has 2 amide bonds. The Balaban J connectivity index is 0.000000237. The molecule has 2 aromatic carbocycles. The van der Waals surface area contributed by atoms with E-state index in [-0.39, 0.29) is 22.6 Å². The number of carbonyl (C=O) groups excluding carboxylic acids is 6. The van der Waals surface area contributed by atoms with Crippen molar-refractivity contribution in [2.24, 2.45) is 35.1 Å². The highest BCUT2D eigenvalue weighted by atomic mass is 16.4. The summed E-state index contributed by atoms with van der Waals surface area (Å²) >= 11 is 0. The highest BCUT2D eigenvalue weighted by Gasteiger charge is 2.70. The highest BCUT2D eigenvalue weighted by molar-refractivity contribution is 6.26. The lowest BCUT2D eigenvalue weighted by molar-refractivity contribution is -0.170. The van der Waals surface area contributed by atoms with E-state index in [1.807, 2.05) is 27.7 Å². The van der Waals surface area contributed by atoms with Crippen LogP contribution in [-0.2, 0) is 28.8 Å². The van der Waals surface area contributed by atoms with Crippen LogP contribution in [-0.4, -0.2) is 159 Å². The van der Waals surface area contributed by atoms with E-state index in [9.17, 15) is 79.8 Å². The maximum Gasteiger partial charge on any atom is 0.255 e. The molecule has 20 nitrogen and oxygen atoms in total. The minimum absolute atomic E-state index is 0.0245. The molecule has 8 rings (SSSR count). The molecule has 0 bridgehead atoms. The topological polar surface area (TPSA) is 363 Å². The number of hydrogen-bond donors (Lipinski definition) is 12. The number of primary amides is 2. The smallest absolute Gasteiger partial charge is 0.255 e. The van der Waals surface area contributed by atoms with Gasteiger partial charge in [0.2, 0.25) is 11.6 Å². The number of aliphatic hydroxyl groups excluding tert-OH is 6. The van der Waals surface area contributed by atoms with Crippen molar-refractivity contribution in [2.75, 3.05) is 28.2 Å². The molecule has 6 aliphatic carbocycles. The van der Waals surface area contributed by atoms with Gasteiger partial charge in [-0.2, -0.15) is 0 Å². The van der Waals surface area contributed by atoms with Gasteiger partial charge >= 0.3 is 0 Å². The van der Waals surface area contributed by atoms with Gasteiger partial charge in [0.05, 0.1) is 47.3 Å². The fourth-order valence-electron chi connectivity index (χ4n) is 11.2. The summed E-state index contributed by atoms with van der Waals surface area (Å²) in [6, 6.07) is 6.26. The van der Waals surface area contributed by atoms with E-state index >= 15 is 0 Å². The van der Waals surface area contributed by atoms with Crippen LogP contribution in [0.2, 0.25) is 0 Å². The van der Waals surface area contributed by atoms with Crippen molar-refractivity contribution in [1.82, 2.24) is 9.80 Å². The Morgan fingerprint density at radius 1 is 0.559 bits per heavy atom. The van der Waals surface area contributed by atoms with Gasteiger partial charge in [-0.1, -0.05) is 65.8 Å². The molecule has 0 saturated heterocycles. The summed E-state index contributed by atoms with van der Waals surface area (Å²) in [6.45, 7) is 11.4. The van der Waals surface area contributed by atoms with Crippen molar-refractivity contribution in [3.8, 4) is 11.5 Å². The number of Topliss-reactive ketones (excluding diaryl/α,β-unsaturated/α-hetero) is 4. The number of nitrogens with zero attached hydrogens (tertiary/aromatic N) is 2. The average Bonchev–Trinajstić information content (AvgIpc) is 3.27. The molecule has 0 aliphatic heterocycles. The van der Waals surface area contributed by atoms with Gasteiger partial charge in [-0.15, -0.1) is 0 Å². The Morgan fingerprint density at radius 2 is 0.853 bits per heavy atom. The second kappa shape index (κ2) is 18.6. The van der Waals surface area contributed by atoms with Crippen LogP contribution in [0.5, 0.6) is 11.5 Å². The van der Waals surface area contributed by atoms with Gasteiger partial charge in [0.1, 0.15) is 45.7 Å². The van der Waals surface area contributed by atoms with Crippen LogP contribution in [0.4, 0.5) is 0 Å². The number of carbonyl (C=O) groups is 6. The summed E-state index contributed by atoms with van der Waals surface area (Å²) in [5.74, 6) is -17.7. The van der Waals surface area contributed by atoms with E-state index in [1.54, 1.807) is 38.1 Å². The fraction of sp³-hybridized carbons (Fsp3) is 0.458. The number of amides is 2. The van der Waals surface area contributed by atoms with Gasteiger partial charge < -0.3 is 62.5 Å². The number of benzene rings is 2. The number of fused-ring (bicyclic) bond motifs is 6. The van der Waals surface area contributed by atoms with E-state index < -0.39 is 151 Å². The number of aromatic hydroxyl groups is 2. The molecule has 0 radical (unpaired) electrons. The lowest BCUT2D eigenvalue weighted by Crippen LogP contribution is -2.70. The summed E-state index contributed by atoms with van der Waals surface area (Å²) < 4.78 is 0. The number of phenolic OH excluding ortho intramolecular Hbond substituents is 2. The van der Waals surface area contributed by atoms with E-state index in [1.165, 1.54) is 50.1 Å². The number of rotatable bonds is 4.